The lowest BCUT2D eigenvalue weighted by atomic mass is 9.77. The Kier molecular flexibility index (Phi) is 6.13. The maximum atomic E-state index is 13.1. The Morgan fingerprint density at radius 2 is 1.90 bits per heavy atom. The predicted molar refractivity (Wildman–Crippen MR) is 115 cm³/mol. The minimum atomic E-state index is -0.0750. The van der Waals surface area contributed by atoms with E-state index in [1.807, 2.05) is 19.1 Å². The third kappa shape index (κ3) is 4.38. The summed E-state index contributed by atoms with van der Waals surface area (Å²) in [7, 11) is 0. The minimum absolute atomic E-state index is 0.0254. The molecule has 1 aliphatic carbocycles. The molecule has 0 spiro atoms. The first-order valence-corrected chi connectivity index (χ1v) is 11.2. The van der Waals surface area contributed by atoms with E-state index in [9.17, 15) is 9.59 Å². The van der Waals surface area contributed by atoms with Crippen molar-refractivity contribution in [3.63, 3.8) is 0 Å². The minimum Gasteiger partial charge on any atom is -0.356 e. The van der Waals surface area contributed by atoms with Crippen LogP contribution in [0.3, 0.4) is 0 Å². The number of hydrogen-bond donors (Lipinski definition) is 2. The standard InChI is InChI=1S/C22H26N4O3S/c1-13-18(26-29-25-13)12-24-22(28)21-20(17-5-3-4-6-19(17)30-21)16-9-7-15(8-10-16)11-23-14(2)27/h3-6,15-16H,7-12H2,1-2H3,(H,23,27)(H,24,28). The van der Waals surface area contributed by atoms with E-state index in [1.54, 1.807) is 18.3 Å². The molecular weight excluding hydrogens is 400 g/mol. The molecule has 0 saturated heterocycles. The van der Waals surface area contributed by atoms with Crippen molar-refractivity contribution >= 4 is 33.2 Å². The van der Waals surface area contributed by atoms with Crippen LogP contribution >= 0.6 is 11.3 Å². The molecule has 3 aromatic rings. The number of benzene rings is 1. The zero-order valence-corrected chi connectivity index (χ0v) is 18.1. The summed E-state index contributed by atoms with van der Waals surface area (Å²) in [5.74, 6) is 0.812. The molecule has 0 bridgehead atoms. The van der Waals surface area contributed by atoms with E-state index in [2.05, 4.69) is 33.1 Å². The first kappa shape index (κ1) is 20.5. The highest BCUT2D eigenvalue weighted by Gasteiger charge is 2.29. The maximum Gasteiger partial charge on any atom is 0.262 e. The Morgan fingerprint density at radius 1 is 1.13 bits per heavy atom. The fraction of sp³-hybridized carbons (Fsp3) is 0.455. The molecule has 4 rings (SSSR count). The third-order valence-electron chi connectivity index (χ3n) is 5.90. The molecular formula is C22H26N4O3S. The van der Waals surface area contributed by atoms with Gasteiger partial charge in [-0.1, -0.05) is 28.5 Å². The molecule has 1 saturated carbocycles. The quantitative estimate of drug-likeness (QED) is 0.622. The van der Waals surface area contributed by atoms with Gasteiger partial charge in [0.1, 0.15) is 11.4 Å². The van der Waals surface area contributed by atoms with Crippen molar-refractivity contribution in [2.75, 3.05) is 6.54 Å². The van der Waals surface area contributed by atoms with Crippen LogP contribution in [0.5, 0.6) is 0 Å². The third-order valence-corrected chi connectivity index (χ3v) is 7.08. The summed E-state index contributed by atoms with van der Waals surface area (Å²) in [6.07, 6.45) is 4.16. The SMILES string of the molecule is CC(=O)NCC1CCC(c2c(C(=O)NCc3nonc3C)sc3ccccc23)CC1. The van der Waals surface area contributed by atoms with Crippen molar-refractivity contribution in [1.82, 2.24) is 20.9 Å². The van der Waals surface area contributed by atoms with Crippen LogP contribution in [0.15, 0.2) is 28.9 Å². The number of thiophene rings is 1. The highest BCUT2D eigenvalue weighted by molar-refractivity contribution is 7.21. The first-order chi connectivity index (χ1) is 14.5. The number of nitrogens with zero attached hydrogens (tertiary/aromatic N) is 2. The van der Waals surface area contributed by atoms with Gasteiger partial charge in [-0.2, -0.15) is 0 Å². The van der Waals surface area contributed by atoms with Crippen LogP contribution in [-0.4, -0.2) is 28.7 Å². The van der Waals surface area contributed by atoms with Crippen molar-refractivity contribution in [3.05, 3.63) is 46.1 Å². The van der Waals surface area contributed by atoms with Crippen LogP contribution in [0.25, 0.3) is 10.1 Å². The van der Waals surface area contributed by atoms with Gasteiger partial charge >= 0.3 is 0 Å². The van der Waals surface area contributed by atoms with Crippen LogP contribution in [0.4, 0.5) is 0 Å². The smallest absolute Gasteiger partial charge is 0.262 e. The number of carbonyl (C=O) groups excluding carboxylic acids is 2. The Bertz CT molecular complexity index is 1050. The van der Waals surface area contributed by atoms with Gasteiger partial charge in [-0.05, 0) is 61.5 Å². The first-order valence-electron chi connectivity index (χ1n) is 10.3. The van der Waals surface area contributed by atoms with Gasteiger partial charge in [0.05, 0.1) is 11.4 Å². The lowest BCUT2D eigenvalue weighted by Crippen LogP contribution is -2.29. The van der Waals surface area contributed by atoms with Gasteiger partial charge in [0.2, 0.25) is 5.91 Å². The van der Waals surface area contributed by atoms with Crippen molar-refractivity contribution in [3.8, 4) is 0 Å². The molecule has 2 amide bonds. The second-order valence-corrected chi connectivity index (χ2v) is 9.03. The van der Waals surface area contributed by atoms with E-state index in [0.29, 0.717) is 29.8 Å². The van der Waals surface area contributed by atoms with Crippen LogP contribution in [0.2, 0.25) is 0 Å². The van der Waals surface area contributed by atoms with E-state index in [-0.39, 0.29) is 11.8 Å². The van der Waals surface area contributed by atoms with Gasteiger partial charge in [0.15, 0.2) is 0 Å². The highest BCUT2D eigenvalue weighted by Crippen LogP contribution is 2.43. The molecule has 8 heteroatoms. The molecule has 1 aliphatic rings. The van der Waals surface area contributed by atoms with Crippen LogP contribution in [-0.2, 0) is 11.3 Å². The summed E-state index contributed by atoms with van der Waals surface area (Å²) in [6.45, 7) is 4.41. The molecule has 0 unspecified atom stereocenters. The number of carbonyl (C=O) groups is 2. The average molecular weight is 427 g/mol. The summed E-state index contributed by atoms with van der Waals surface area (Å²) in [5.41, 5.74) is 2.50. The van der Waals surface area contributed by atoms with Crippen molar-refractivity contribution < 1.29 is 14.2 Å². The van der Waals surface area contributed by atoms with E-state index in [4.69, 9.17) is 4.63 Å². The summed E-state index contributed by atoms with van der Waals surface area (Å²) in [6, 6.07) is 8.24. The van der Waals surface area contributed by atoms with Gasteiger partial charge in [-0.3, -0.25) is 9.59 Å². The van der Waals surface area contributed by atoms with Gasteiger partial charge in [0, 0.05) is 18.2 Å². The fourth-order valence-corrected chi connectivity index (χ4v) is 5.44. The van der Waals surface area contributed by atoms with E-state index >= 15 is 0 Å². The molecule has 1 fully saturated rings. The molecule has 0 atom stereocenters. The van der Waals surface area contributed by atoms with Crippen molar-refractivity contribution in [2.45, 2.75) is 52.0 Å². The number of hydrogen-bond acceptors (Lipinski definition) is 6. The van der Waals surface area contributed by atoms with E-state index < -0.39 is 0 Å². The molecule has 0 aliphatic heterocycles. The number of rotatable bonds is 6. The molecule has 158 valence electrons. The van der Waals surface area contributed by atoms with Crippen molar-refractivity contribution in [1.29, 1.82) is 0 Å². The van der Waals surface area contributed by atoms with Crippen LogP contribution in [0, 0.1) is 12.8 Å². The monoisotopic (exact) mass is 426 g/mol. The topological polar surface area (TPSA) is 97.1 Å². The lowest BCUT2D eigenvalue weighted by molar-refractivity contribution is -0.119. The summed E-state index contributed by atoms with van der Waals surface area (Å²) in [5, 5.41) is 14.7. The largest absolute Gasteiger partial charge is 0.356 e. The van der Waals surface area contributed by atoms with Crippen molar-refractivity contribution in [2.24, 2.45) is 5.92 Å². The zero-order valence-electron chi connectivity index (χ0n) is 17.2. The van der Waals surface area contributed by atoms with E-state index in [0.717, 1.165) is 41.8 Å². The highest BCUT2D eigenvalue weighted by atomic mass is 32.1. The number of aryl methyl sites for hydroxylation is 1. The number of amides is 2. The Balaban J connectivity index is 1.53. The fourth-order valence-electron chi connectivity index (χ4n) is 4.24. The van der Waals surface area contributed by atoms with Gasteiger partial charge in [-0.15, -0.1) is 11.3 Å². The molecule has 1 aromatic carbocycles. The number of nitrogens with one attached hydrogen (secondary N) is 2. The Hall–Kier alpha value is -2.74. The summed E-state index contributed by atoms with van der Waals surface area (Å²) in [4.78, 5) is 25.1. The summed E-state index contributed by atoms with van der Waals surface area (Å²) >= 11 is 1.55. The second kappa shape index (κ2) is 8.95. The molecule has 2 N–H and O–H groups in total. The Morgan fingerprint density at radius 3 is 2.60 bits per heavy atom. The number of fused-ring (bicyclic) bond motifs is 1. The normalized spacial score (nSPS) is 19.0. The number of aromatic nitrogens is 2. The predicted octanol–water partition coefficient (Wildman–Crippen LogP) is 3.93. The molecule has 2 aromatic heterocycles. The molecule has 0 radical (unpaired) electrons. The lowest BCUT2D eigenvalue weighted by Gasteiger charge is -2.29. The van der Waals surface area contributed by atoms with Crippen LogP contribution < -0.4 is 10.6 Å². The van der Waals surface area contributed by atoms with Crippen LogP contribution in [0.1, 0.15) is 65.1 Å². The zero-order chi connectivity index (χ0) is 21.1. The van der Waals surface area contributed by atoms with Gasteiger partial charge in [-0.25, -0.2) is 4.63 Å². The Labute approximate surface area is 179 Å². The second-order valence-electron chi connectivity index (χ2n) is 7.97. The van der Waals surface area contributed by atoms with Gasteiger partial charge < -0.3 is 10.6 Å². The van der Waals surface area contributed by atoms with E-state index in [1.165, 1.54) is 10.9 Å². The molecule has 7 nitrogen and oxygen atoms in total. The summed E-state index contributed by atoms with van der Waals surface area (Å²) < 4.78 is 5.86. The molecule has 30 heavy (non-hydrogen) atoms. The molecule has 2 heterocycles. The maximum absolute atomic E-state index is 13.1. The van der Waals surface area contributed by atoms with Gasteiger partial charge in [0.25, 0.3) is 5.91 Å². The average Bonchev–Trinajstić information content (AvgIpc) is 3.34.